The molecule has 0 amide bonds. The van der Waals surface area contributed by atoms with Gasteiger partial charge in [-0.25, -0.2) is 4.79 Å². The molecular weight excluding hydrogens is 216 g/mol. The van der Waals surface area contributed by atoms with Crippen molar-refractivity contribution < 1.29 is 14.6 Å². The van der Waals surface area contributed by atoms with E-state index in [-0.39, 0.29) is 11.3 Å². The van der Waals surface area contributed by atoms with E-state index in [2.05, 4.69) is 26.8 Å². The van der Waals surface area contributed by atoms with Gasteiger partial charge in [-0.05, 0) is 30.4 Å². The van der Waals surface area contributed by atoms with Gasteiger partial charge in [0.25, 0.3) is 0 Å². The fraction of sp³-hybridized carbons (Fsp3) is 0.643. The number of carboxylic acids is 1. The third kappa shape index (κ3) is 4.00. The molecule has 1 aliphatic carbocycles. The van der Waals surface area contributed by atoms with Gasteiger partial charge in [0.1, 0.15) is 0 Å². The zero-order valence-electron chi connectivity index (χ0n) is 11.1. The molecule has 0 spiro atoms. The minimum Gasteiger partial charge on any atom is -0.478 e. The number of aliphatic carboxylic acids is 1. The van der Waals surface area contributed by atoms with E-state index in [0.717, 1.165) is 5.57 Å². The Bertz CT molecular complexity index is 345. The molecule has 0 bridgehead atoms. The van der Waals surface area contributed by atoms with E-state index in [1.54, 1.807) is 0 Å². The average Bonchev–Trinajstić information content (AvgIpc) is 2.24. The molecule has 0 heterocycles. The minimum atomic E-state index is -0.818. The smallest absolute Gasteiger partial charge is 0.331 e. The molecule has 0 saturated carbocycles. The summed E-state index contributed by atoms with van der Waals surface area (Å²) in [6.45, 7) is 9.50. The molecule has 1 unspecified atom stereocenters. The summed E-state index contributed by atoms with van der Waals surface area (Å²) < 4.78 is 5.40. The number of allylic oxidation sites excluding steroid dienone is 2. The molecule has 1 rings (SSSR count). The summed E-state index contributed by atoms with van der Waals surface area (Å²) in [5.74, 6) is -0.637. The summed E-state index contributed by atoms with van der Waals surface area (Å²) in [5, 5.41) is 9.13. The highest BCUT2D eigenvalue weighted by molar-refractivity contribution is 5.87. The Morgan fingerprint density at radius 1 is 1.53 bits per heavy atom. The Labute approximate surface area is 103 Å². The van der Waals surface area contributed by atoms with Crippen molar-refractivity contribution in [3.63, 3.8) is 0 Å². The van der Waals surface area contributed by atoms with E-state index < -0.39 is 5.97 Å². The van der Waals surface area contributed by atoms with Crippen LogP contribution in [0.1, 0.15) is 34.1 Å². The third-order valence-electron chi connectivity index (χ3n) is 2.90. The van der Waals surface area contributed by atoms with Crippen molar-refractivity contribution in [2.75, 3.05) is 13.2 Å². The van der Waals surface area contributed by atoms with Crippen LogP contribution in [0.3, 0.4) is 0 Å². The van der Waals surface area contributed by atoms with E-state index in [1.165, 1.54) is 0 Å². The lowest BCUT2D eigenvalue weighted by Gasteiger charge is -2.27. The van der Waals surface area contributed by atoms with E-state index in [9.17, 15) is 4.79 Å². The summed E-state index contributed by atoms with van der Waals surface area (Å²) in [5.41, 5.74) is 1.55. The van der Waals surface area contributed by atoms with Crippen molar-refractivity contribution in [3.8, 4) is 0 Å². The summed E-state index contributed by atoms with van der Waals surface area (Å²) in [7, 11) is 0. The van der Waals surface area contributed by atoms with Crippen molar-refractivity contribution in [2.45, 2.75) is 34.1 Å². The lowest BCUT2D eigenvalue weighted by molar-refractivity contribution is -0.132. The van der Waals surface area contributed by atoms with Gasteiger partial charge in [-0.2, -0.15) is 0 Å². The van der Waals surface area contributed by atoms with Gasteiger partial charge >= 0.3 is 5.97 Å². The number of carbonyl (C=O) groups is 1. The van der Waals surface area contributed by atoms with Crippen molar-refractivity contribution in [1.29, 1.82) is 0 Å². The van der Waals surface area contributed by atoms with E-state index in [0.29, 0.717) is 25.2 Å². The summed E-state index contributed by atoms with van der Waals surface area (Å²) in [4.78, 5) is 11.1. The molecule has 0 aromatic carbocycles. The monoisotopic (exact) mass is 238 g/mol. The van der Waals surface area contributed by atoms with Crippen LogP contribution in [0.15, 0.2) is 23.3 Å². The molecule has 0 aliphatic heterocycles. The standard InChI is InChI=1S/C14H22O3/c1-5-17-9-10-6-11(13(15)16)8-12(7-10)14(2,3)4/h7-8,10H,5-6,9H2,1-4H3,(H,15,16). The minimum absolute atomic E-state index is 0.0222. The highest BCUT2D eigenvalue weighted by atomic mass is 16.5. The molecule has 96 valence electrons. The maximum absolute atomic E-state index is 11.1. The van der Waals surface area contributed by atoms with Crippen LogP contribution in [0.2, 0.25) is 0 Å². The normalized spacial score (nSPS) is 20.8. The first-order valence-corrected chi connectivity index (χ1v) is 6.08. The first-order chi connectivity index (χ1) is 7.84. The van der Waals surface area contributed by atoms with Gasteiger partial charge in [-0.15, -0.1) is 0 Å². The fourth-order valence-electron chi connectivity index (χ4n) is 1.88. The van der Waals surface area contributed by atoms with Crippen molar-refractivity contribution in [2.24, 2.45) is 11.3 Å². The Morgan fingerprint density at radius 3 is 2.65 bits per heavy atom. The molecule has 3 nitrogen and oxygen atoms in total. The molecule has 1 atom stereocenters. The highest BCUT2D eigenvalue weighted by Crippen LogP contribution is 2.34. The van der Waals surface area contributed by atoms with Crippen LogP contribution in [0.25, 0.3) is 0 Å². The predicted molar refractivity (Wildman–Crippen MR) is 67.9 cm³/mol. The van der Waals surface area contributed by atoms with Gasteiger partial charge in [-0.3, -0.25) is 0 Å². The third-order valence-corrected chi connectivity index (χ3v) is 2.90. The number of ether oxygens (including phenoxy) is 1. The SMILES string of the molecule is CCOCC1C=C(C(C)(C)C)C=C(C(=O)O)C1. The quantitative estimate of drug-likeness (QED) is 0.819. The van der Waals surface area contributed by atoms with Gasteiger partial charge in [0.15, 0.2) is 0 Å². The number of rotatable bonds is 4. The Kier molecular flexibility index (Phi) is 4.52. The Balaban J connectivity index is 2.90. The van der Waals surface area contributed by atoms with Crippen molar-refractivity contribution >= 4 is 5.97 Å². The Hall–Kier alpha value is -1.09. The summed E-state index contributed by atoms with van der Waals surface area (Å²) >= 11 is 0. The number of hydrogen-bond donors (Lipinski definition) is 1. The highest BCUT2D eigenvalue weighted by Gasteiger charge is 2.25. The molecule has 0 radical (unpaired) electrons. The largest absolute Gasteiger partial charge is 0.478 e. The van der Waals surface area contributed by atoms with Crippen LogP contribution in [0, 0.1) is 11.3 Å². The van der Waals surface area contributed by atoms with Crippen LogP contribution in [0.5, 0.6) is 0 Å². The molecule has 0 aromatic heterocycles. The van der Waals surface area contributed by atoms with Gasteiger partial charge in [-0.1, -0.05) is 26.8 Å². The lowest BCUT2D eigenvalue weighted by Crippen LogP contribution is -2.20. The van der Waals surface area contributed by atoms with Crippen molar-refractivity contribution in [1.82, 2.24) is 0 Å². The Morgan fingerprint density at radius 2 is 2.18 bits per heavy atom. The molecule has 3 heteroatoms. The van der Waals surface area contributed by atoms with Crippen LogP contribution < -0.4 is 0 Å². The first kappa shape index (κ1) is 14.0. The lowest BCUT2D eigenvalue weighted by atomic mass is 9.79. The molecule has 1 aliphatic rings. The molecule has 0 fully saturated rings. The van der Waals surface area contributed by atoms with Gasteiger partial charge < -0.3 is 9.84 Å². The van der Waals surface area contributed by atoms with Crippen LogP contribution in [-0.2, 0) is 9.53 Å². The predicted octanol–water partition coefficient (Wildman–Crippen LogP) is 3.03. The summed E-state index contributed by atoms with van der Waals surface area (Å²) in [6.07, 6.45) is 4.53. The van der Waals surface area contributed by atoms with Crippen molar-refractivity contribution in [3.05, 3.63) is 23.3 Å². The van der Waals surface area contributed by atoms with E-state index in [1.807, 2.05) is 13.0 Å². The van der Waals surface area contributed by atoms with Crippen LogP contribution in [-0.4, -0.2) is 24.3 Å². The molecular formula is C14H22O3. The van der Waals surface area contributed by atoms with Gasteiger partial charge in [0, 0.05) is 18.1 Å². The molecule has 17 heavy (non-hydrogen) atoms. The number of hydrogen-bond acceptors (Lipinski definition) is 2. The van der Waals surface area contributed by atoms with E-state index >= 15 is 0 Å². The molecule has 1 N–H and O–H groups in total. The second-order valence-corrected chi connectivity index (χ2v) is 5.47. The second-order valence-electron chi connectivity index (χ2n) is 5.47. The first-order valence-electron chi connectivity index (χ1n) is 6.08. The second kappa shape index (κ2) is 5.50. The maximum Gasteiger partial charge on any atom is 0.331 e. The van der Waals surface area contributed by atoms with E-state index in [4.69, 9.17) is 9.84 Å². The van der Waals surface area contributed by atoms with Crippen LogP contribution in [0.4, 0.5) is 0 Å². The topological polar surface area (TPSA) is 46.5 Å². The van der Waals surface area contributed by atoms with Crippen LogP contribution >= 0.6 is 0 Å². The maximum atomic E-state index is 11.1. The average molecular weight is 238 g/mol. The fourth-order valence-corrected chi connectivity index (χ4v) is 1.88. The zero-order valence-corrected chi connectivity index (χ0v) is 11.1. The zero-order chi connectivity index (χ0) is 13.1. The molecule has 0 aromatic rings. The van der Waals surface area contributed by atoms with Gasteiger partial charge in [0.2, 0.25) is 0 Å². The van der Waals surface area contributed by atoms with Gasteiger partial charge in [0.05, 0.1) is 6.61 Å². The molecule has 0 saturated heterocycles. The summed E-state index contributed by atoms with van der Waals surface area (Å²) in [6, 6.07) is 0. The number of carboxylic acid groups (broad SMARTS) is 1.